The normalized spacial score (nSPS) is 20.5. The molecule has 0 unspecified atom stereocenters. The molecule has 1 heterocycles. The number of hydrogen-bond acceptors (Lipinski definition) is 1. The van der Waals surface area contributed by atoms with E-state index < -0.39 is 0 Å². The van der Waals surface area contributed by atoms with Gasteiger partial charge in [0.05, 0.1) is 13.1 Å². The number of piperidine rings is 1. The highest BCUT2D eigenvalue weighted by Crippen LogP contribution is 2.16. The summed E-state index contributed by atoms with van der Waals surface area (Å²) in [5, 5.41) is 11.0. The van der Waals surface area contributed by atoms with Crippen LogP contribution in [0, 0.1) is 5.92 Å². The van der Waals surface area contributed by atoms with Crippen LogP contribution in [0.1, 0.15) is 32.1 Å². The van der Waals surface area contributed by atoms with Crippen molar-refractivity contribution in [1.82, 2.24) is 0 Å². The molecule has 0 saturated carbocycles. The number of hydrogen-bond donors (Lipinski definition) is 2. The zero-order valence-corrected chi connectivity index (χ0v) is 7.26. The van der Waals surface area contributed by atoms with Crippen molar-refractivity contribution < 1.29 is 10.4 Å². The summed E-state index contributed by atoms with van der Waals surface area (Å²) in [6.07, 6.45) is 6.35. The number of rotatable bonds is 4. The van der Waals surface area contributed by atoms with Crippen LogP contribution in [0.3, 0.4) is 0 Å². The molecule has 0 bridgehead atoms. The highest BCUT2D eigenvalue weighted by molar-refractivity contribution is 4.60. The van der Waals surface area contributed by atoms with Crippen LogP contribution in [-0.4, -0.2) is 24.8 Å². The zero-order chi connectivity index (χ0) is 7.94. The Bertz CT molecular complexity index is 89.6. The predicted molar refractivity (Wildman–Crippen MR) is 45.3 cm³/mol. The minimum atomic E-state index is 0.374. The molecule has 0 aliphatic carbocycles. The Morgan fingerprint density at radius 1 is 1.18 bits per heavy atom. The van der Waals surface area contributed by atoms with Crippen molar-refractivity contribution in [1.29, 1.82) is 0 Å². The van der Waals surface area contributed by atoms with Gasteiger partial charge in [-0.15, -0.1) is 0 Å². The fraction of sp³-hybridized carbons (Fsp3) is 1.00. The van der Waals surface area contributed by atoms with Gasteiger partial charge in [0.15, 0.2) is 0 Å². The van der Waals surface area contributed by atoms with E-state index in [-0.39, 0.29) is 0 Å². The van der Waals surface area contributed by atoms with Crippen LogP contribution in [0.15, 0.2) is 0 Å². The van der Waals surface area contributed by atoms with E-state index in [1.807, 2.05) is 0 Å². The van der Waals surface area contributed by atoms with Gasteiger partial charge < -0.3 is 10.4 Å². The summed E-state index contributed by atoms with van der Waals surface area (Å²) in [6.45, 7) is 3.02. The Kier molecular flexibility index (Phi) is 4.55. The van der Waals surface area contributed by atoms with E-state index in [1.54, 1.807) is 0 Å². The summed E-state index contributed by atoms with van der Waals surface area (Å²) in [4.78, 5) is 0. The van der Waals surface area contributed by atoms with E-state index in [9.17, 15) is 0 Å². The molecular weight excluding hydrogens is 138 g/mol. The lowest BCUT2D eigenvalue weighted by molar-refractivity contribution is -0.664. The first-order valence-electron chi connectivity index (χ1n) is 4.86. The van der Waals surface area contributed by atoms with Gasteiger partial charge in [0.2, 0.25) is 0 Å². The van der Waals surface area contributed by atoms with Crippen molar-refractivity contribution in [2.45, 2.75) is 32.1 Å². The lowest BCUT2D eigenvalue weighted by atomic mass is 9.93. The van der Waals surface area contributed by atoms with Gasteiger partial charge in [0.25, 0.3) is 0 Å². The van der Waals surface area contributed by atoms with Gasteiger partial charge in [-0.25, -0.2) is 0 Å². The first kappa shape index (κ1) is 9.01. The number of quaternary nitrogens is 1. The molecule has 0 aromatic heterocycles. The second-order valence-corrected chi connectivity index (χ2v) is 3.53. The fourth-order valence-corrected chi connectivity index (χ4v) is 1.83. The molecule has 2 nitrogen and oxygen atoms in total. The molecule has 3 N–H and O–H groups in total. The van der Waals surface area contributed by atoms with Crippen LogP contribution in [-0.2, 0) is 0 Å². The van der Waals surface area contributed by atoms with E-state index in [4.69, 9.17) is 5.11 Å². The van der Waals surface area contributed by atoms with E-state index >= 15 is 0 Å². The SMILES string of the molecule is OCCCCC1CC[NH2+]CC1. The second-order valence-electron chi connectivity index (χ2n) is 3.53. The maximum Gasteiger partial charge on any atom is 0.0758 e. The Morgan fingerprint density at radius 3 is 2.55 bits per heavy atom. The lowest BCUT2D eigenvalue weighted by Gasteiger charge is -2.19. The fourth-order valence-electron chi connectivity index (χ4n) is 1.83. The number of nitrogens with two attached hydrogens (primary N) is 1. The van der Waals surface area contributed by atoms with Crippen LogP contribution < -0.4 is 5.32 Å². The van der Waals surface area contributed by atoms with Crippen molar-refractivity contribution in [3.8, 4) is 0 Å². The van der Waals surface area contributed by atoms with E-state index in [0.29, 0.717) is 6.61 Å². The third-order valence-corrected chi connectivity index (χ3v) is 2.58. The molecule has 0 radical (unpaired) electrons. The molecule has 1 aliphatic rings. The van der Waals surface area contributed by atoms with Gasteiger partial charge in [0.1, 0.15) is 0 Å². The average Bonchev–Trinajstić information content (AvgIpc) is 2.07. The Labute approximate surface area is 69.0 Å². The van der Waals surface area contributed by atoms with Gasteiger partial charge in [-0.2, -0.15) is 0 Å². The van der Waals surface area contributed by atoms with Gasteiger partial charge in [-0.3, -0.25) is 0 Å². The van der Waals surface area contributed by atoms with Crippen LogP contribution in [0.5, 0.6) is 0 Å². The monoisotopic (exact) mass is 158 g/mol. The van der Waals surface area contributed by atoms with Crippen LogP contribution in [0.4, 0.5) is 0 Å². The first-order chi connectivity index (χ1) is 5.43. The lowest BCUT2D eigenvalue weighted by Crippen LogP contribution is -2.86. The molecule has 0 atom stereocenters. The van der Waals surface area contributed by atoms with E-state index in [2.05, 4.69) is 5.32 Å². The number of unbranched alkanes of at least 4 members (excludes halogenated alkanes) is 1. The summed E-state index contributed by atoms with van der Waals surface area (Å²) >= 11 is 0. The molecule has 66 valence electrons. The quantitative estimate of drug-likeness (QED) is 0.560. The van der Waals surface area contributed by atoms with Crippen LogP contribution >= 0.6 is 0 Å². The molecule has 1 rings (SSSR count). The molecule has 1 saturated heterocycles. The van der Waals surface area contributed by atoms with Crippen molar-refractivity contribution in [2.24, 2.45) is 5.92 Å². The molecule has 0 aromatic rings. The zero-order valence-electron chi connectivity index (χ0n) is 7.26. The summed E-state index contributed by atoms with van der Waals surface area (Å²) < 4.78 is 0. The standard InChI is InChI=1S/C9H19NO/c11-8-2-1-3-9-4-6-10-7-5-9/h9-11H,1-8H2/p+1. The van der Waals surface area contributed by atoms with Crippen LogP contribution in [0.25, 0.3) is 0 Å². The average molecular weight is 158 g/mol. The predicted octanol–water partition coefficient (Wildman–Crippen LogP) is 0.122. The molecule has 0 spiro atoms. The first-order valence-corrected chi connectivity index (χ1v) is 4.86. The molecule has 1 fully saturated rings. The minimum absolute atomic E-state index is 0.374. The molecule has 2 heteroatoms. The summed E-state index contributed by atoms with van der Waals surface area (Å²) in [5.41, 5.74) is 0. The van der Waals surface area contributed by atoms with Gasteiger partial charge in [-0.05, 0) is 31.6 Å². The molecule has 1 aliphatic heterocycles. The third kappa shape index (κ3) is 3.73. The maximum absolute atomic E-state index is 8.59. The molecule has 0 amide bonds. The Hall–Kier alpha value is -0.0800. The summed E-state index contributed by atoms with van der Waals surface area (Å²) in [5.74, 6) is 0.964. The van der Waals surface area contributed by atoms with Gasteiger partial charge >= 0.3 is 0 Å². The molecule has 11 heavy (non-hydrogen) atoms. The maximum atomic E-state index is 8.59. The highest BCUT2D eigenvalue weighted by atomic mass is 16.2. The Morgan fingerprint density at radius 2 is 1.91 bits per heavy atom. The summed E-state index contributed by atoms with van der Waals surface area (Å²) in [7, 11) is 0. The largest absolute Gasteiger partial charge is 0.396 e. The van der Waals surface area contributed by atoms with Gasteiger partial charge in [0, 0.05) is 6.61 Å². The number of aliphatic hydroxyl groups is 1. The minimum Gasteiger partial charge on any atom is -0.396 e. The number of aliphatic hydroxyl groups excluding tert-OH is 1. The molecular formula is C9H20NO+. The van der Waals surface area contributed by atoms with Crippen molar-refractivity contribution >= 4 is 0 Å². The van der Waals surface area contributed by atoms with Crippen molar-refractivity contribution in [3.05, 3.63) is 0 Å². The van der Waals surface area contributed by atoms with E-state index in [0.717, 1.165) is 12.3 Å². The smallest absolute Gasteiger partial charge is 0.0758 e. The molecule has 0 aromatic carbocycles. The third-order valence-electron chi connectivity index (χ3n) is 2.58. The van der Waals surface area contributed by atoms with Crippen LogP contribution in [0.2, 0.25) is 0 Å². The van der Waals surface area contributed by atoms with Crippen molar-refractivity contribution in [2.75, 3.05) is 19.7 Å². The second kappa shape index (κ2) is 5.56. The summed E-state index contributed by atoms with van der Waals surface area (Å²) in [6, 6.07) is 0. The highest BCUT2D eigenvalue weighted by Gasteiger charge is 2.14. The Balaban J connectivity index is 1.96. The van der Waals surface area contributed by atoms with E-state index in [1.165, 1.54) is 38.8 Å². The van der Waals surface area contributed by atoms with Gasteiger partial charge in [-0.1, -0.05) is 6.42 Å². The topological polar surface area (TPSA) is 36.8 Å². The van der Waals surface area contributed by atoms with Crippen molar-refractivity contribution in [3.63, 3.8) is 0 Å².